The van der Waals surface area contributed by atoms with Crippen LogP contribution in [0.2, 0.25) is 5.02 Å². The van der Waals surface area contributed by atoms with Gasteiger partial charge >= 0.3 is 0 Å². The summed E-state index contributed by atoms with van der Waals surface area (Å²) in [6, 6.07) is 3.64. The van der Waals surface area contributed by atoms with Gasteiger partial charge < -0.3 is 4.74 Å². The lowest BCUT2D eigenvalue weighted by Gasteiger charge is -1.92. The largest absolute Gasteiger partial charge is 0.327 e. The van der Waals surface area contributed by atoms with Gasteiger partial charge in [0.05, 0.1) is 5.02 Å². The van der Waals surface area contributed by atoms with Crippen molar-refractivity contribution in [2.75, 3.05) is 7.11 Å². The summed E-state index contributed by atoms with van der Waals surface area (Å²) < 4.78 is 6.78. The summed E-state index contributed by atoms with van der Waals surface area (Å²) >= 11 is 5.66. The molecule has 54 valence electrons. The van der Waals surface area contributed by atoms with E-state index in [0.717, 1.165) is 5.02 Å². The van der Waals surface area contributed by atoms with Gasteiger partial charge in [-0.2, -0.15) is 4.57 Å². The first-order valence-corrected chi connectivity index (χ1v) is 3.34. The lowest BCUT2D eigenvalue weighted by molar-refractivity contribution is -0.731. The number of aromatic nitrogens is 1. The Morgan fingerprint density at radius 1 is 1.50 bits per heavy atom. The number of ether oxygens (including phenoxy) is 1. The number of hydrogen-bond acceptors (Lipinski definition) is 1. The van der Waals surface area contributed by atoms with E-state index in [2.05, 4.69) is 0 Å². The Labute approximate surface area is 65.0 Å². The van der Waals surface area contributed by atoms with Gasteiger partial charge in [-0.25, -0.2) is 0 Å². The molecule has 10 heavy (non-hydrogen) atoms. The zero-order valence-electron chi connectivity index (χ0n) is 5.75. The lowest BCUT2D eigenvalue weighted by atomic mass is 10.5. The van der Waals surface area contributed by atoms with Crippen molar-refractivity contribution in [2.45, 2.75) is 6.73 Å². The standard InChI is InChI=1S/C7H9ClNO/c1-10-6-9-4-2-7(8)3-5-9/h2-5H,6H2,1H3/q+1. The van der Waals surface area contributed by atoms with Crippen LogP contribution in [-0.2, 0) is 11.5 Å². The van der Waals surface area contributed by atoms with Crippen molar-refractivity contribution in [3.05, 3.63) is 29.5 Å². The van der Waals surface area contributed by atoms with Crippen molar-refractivity contribution in [1.29, 1.82) is 0 Å². The highest BCUT2D eigenvalue weighted by atomic mass is 35.5. The SMILES string of the molecule is COC[n+]1ccc(Cl)cc1. The Hall–Kier alpha value is -0.600. The highest BCUT2D eigenvalue weighted by Gasteiger charge is 1.95. The van der Waals surface area contributed by atoms with E-state index in [0.29, 0.717) is 6.73 Å². The van der Waals surface area contributed by atoms with E-state index in [1.165, 1.54) is 0 Å². The van der Waals surface area contributed by atoms with Gasteiger partial charge in [0.25, 0.3) is 6.73 Å². The Morgan fingerprint density at radius 2 is 2.10 bits per heavy atom. The van der Waals surface area contributed by atoms with Crippen LogP contribution in [0.4, 0.5) is 0 Å². The number of pyridine rings is 1. The van der Waals surface area contributed by atoms with Gasteiger partial charge in [0.2, 0.25) is 0 Å². The summed E-state index contributed by atoms with van der Waals surface area (Å²) in [6.07, 6.45) is 3.73. The van der Waals surface area contributed by atoms with E-state index in [-0.39, 0.29) is 0 Å². The van der Waals surface area contributed by atoms with E-state index in [4.69, 9.17) is 16.3 Å². The maximum Gasteiger partial charge on any atom is 0.252 e. The van der Waals surface area contributed by atoms with Crippen molar-refractivity contribution in [1.82, 2.24) is 0 Å². The van der Waals surface area contributed by atoms with Crippen LogP contribution in [0.15, 0.2) is 24.5 Å². The summed E-state index contributed by atoms with van der Waals surface area (Å²) in [6.45, 7) is 0.567. The van der Waals surface area contributed by atoms with E-state index in [1.54, 1.807) is 7.11 Å². The molecule has 3 heteroatoms. The van der Waals surface area contributed by atoms with Crippen LogP contribution in [-0.4, -0.2) is 7.11 Å². The second-order valence-electron chi connectivity index (χ2n) is 1.95. The molecule has 0 radical (unpaired) electrons. The number of rotatable bonds is 2. The Kier molecular flexibility index (Phi) is 2.66. The summed E-state index contributed by atoms with van der Waals surface area (Å²) in [7, 11) is 1.65. The average Bonchev–Trinajstić information content (AvgIpc) is 1.95. The molecule has 2 nitrogen and oxygen atoms in total. The first-order chi connectivity index (χ1) is 4.83. The van der Waals surface area contributed by atoms with Crippen LogP contribution in [0.3, 0.4) is 0 Å². The molecule has 0 atom stereocenters. The monoisotopic (exact) mass is 158 g/mol. The van der Waals surface area contributed by atoms with Gasteiger partial charge in [0.1, 0.15) is 0 Å². The summed E-state index contributed by atoms with van der Waals surface area (Å²) in [5.74, 6) is 0. The van der Waals surface area contributed by atoms with Crippen LogP contribution in [0.1, 0.15) is 0 Å². The predicted molar refractivity (Wildman–Crippen MR) is 38.7 cm³/mol. The number of nitrogens with zero attached hydrogens (tertiary/aromatic N) is 1. The van der Waals surface area contributed by atoms with Crippen molar-refractivity contribution in [3.63, 3.8) is 0 Å². The lowest BCUT2D eigenvalue weighted by Crippen LogP contribution is -2.33. The zero-order valence-corrected chi connectivity index (χ0v) is 6.51. The molecule has 0 spiro atoms. The van der Waals surface area contributed by atoms with Crippen LogP contribution in [0, 0.1) is 0 Å². The van der Waals surface area contributed by atoms with Gasteiger partial charge in [0.15, 0.2) is 12.4 Å². The molecule has 0 amide bonds. The number of halogens is 1. The minimum absolute atomic E-state index is 0.567. The fourth-order valence-electron chi connectivity index (χ4n) is 0.674. The molecule has 0 aliphatic heterocycles. The third-order valence-corrected chi connectivity index (χ3v) is 1.38. The average molecular weight is 159 g/mol. The van der Waals surface area contributed by atoms with E-state index < -0.39 is 0 Å². The molecule has 0 bridgehead atoms. The molecular weight excluding hydrogens is 150 g/mol. The first kappa shape index (κ1) is 7.51. The van der Waals surface area contributed by atoms with Crippen LogP contribution >= 0.6 is 11.6 Å². The molecule has 0 fully saturated rings. The van der Waals surface area contributed by atoms with Gasteiger partial charge in [-0.1, -0.05) is 11.6 Å². The van der Waals surface area contributed by atoms with Gasteiger partial charge in [-0.05, 0) is 0 Å². The predicted octanol–water partition coefficient (Wildman–Crippen LogP) is 1.23. The summed E-state index contributed by atoms with van der Waals surface area (Å²) in [4.78, 5) is 0. The fraction of sp³-hybridized carbons (Fsp3) is 0.286. The Balaban J connectivity index is 2.69. The highest BCUT2D eigenvalue weighted by molar-refractivity contribution is 6.30. The minimum Gasteiger partial charge on any atom is -0.327 e. The number of hydrogen-bond donors (Lipinski definition) is 0. The molecule has 0 aromatic carbocycles. The third-order valence-electron chi connectivity index (χ3n) is 1.13. The van der Waals surface area contributed by atoms with Crippen molar-refractivity contribution >= 4 is 11.6 Å². The quantitative estimate of drug-likeness (QED) is 0.591. The van der Waals surface area contributed by atoms with E-state index in [1.807, 2.05) is 29.1 Å². The van der Waals surface area contributed by atoms with E-state index in [9.17, 15) is 0 Å². The second kappa shape index (κ2) is 3.54. The maximum atomic E-state index is 5.66. The van der Waals surface area contributed by atoms with Gasteiger partial charge in [-0.15, -0.1) is 0 Å². The molecule has 0 aliphatic carbocycles. The van der Waals surface area contributed by atoms with Crippen LogP contribution < -0.4 is 4.57 Å². The molecule has 1 aromatic rings. The molecule has 0 saturated carbocycles. The molecule has 1 aromatic heterocycles. The fourth-order valence-corrected chi connectivity index (χ4v) is 0.787. The third kappa shape index (κ3) is 1.97. The van der Waals surface area contributed by atoms with E-state index >= 15 is 0 Å². The highest BCUT2D eigenvalue weighted by Crippen LogP contribution is 2.01. The summed E-state index contributed by atoms with van der Waals surface area (Å²) in [5, 5.41) is 0.743. The number of methoxy groups -OCH3 is 1. The normalized spacial score (nSPS) is 9.80. The Bertz CT molecular complexity index is 197. The Morgan fingerprint density at radius 3 is 2.60 bits per heavy atom. The second-order valence-corrected chi connectivity index (χ2v) is 2.38. The van der Waals surface area contributed by atoms with Gasteiger partial charge in [0, 0.05) is 19.2 Å². The maximum absolute atomic E-state index is 5.66. The minimum atomic E-state index is 0.567. The molecule has 0 aliphatic rings. The molecule has 0 N–H and O–H groups in total. The molecular formula is C7H9ClNO+. The molecule has 0 saturated heterocycles. The first-order valence-electron chi connectivity index (χ1n) is 2.96. The zero-order chi connectivity index (χ0) is 7.40. The van der Waals surface area contributed by atoms with Crippen LogP contribution in [0.25, 0.3) is 0 Å². The van der Waals surface area contributed by atoms with Gasteiger partial charge in [-0.3, -0.25) is 0 Å². The summed E-state index contributed by atoms with van der Waals surface area (Å²) in [5.41, 5.74) is 0. The van der Waals surface area contributed by atoms with Crippen molar-refractivity contribution in [3.8, 4) is 0 Å². The van der Waals surface area contributed by atoms with Crippen molar-refractivity contribution < 1.29 is 9.30 Å². The van der Waals surface area contributed by atoms with Crippen LogP contribution in [0.5, 0.6) is 0 Å². The molecule has 1 rings (SSSR count). The van der Waals surface area contributed by atoms with Crippen molar-refractivity contribution in [2.24, 2.45) is 0 Å². The molecule has 0 unspecified atom stereocenters. The molecule has 1 heterocycles. The topological polar surface area (TPSA) is 13.1 Å². The smallest absolute Gasteiger partial charge is 0.252 e.